The quantitative estimate of drug-likeness (QED) is 0.0198. The molecule has 0 spiro atoms. The number of esters is 2. The molecule has 0 aromatic rings. The van der Waals surface area contributed by atoms with E-state index in [9.17, 15) is 34.8 Å². The van der Waals surface area contributed by atoms with Crippen molar-refractivity contribution in [3.63, 3.8) is 0 Å². The van der Waals surface area contributed by atoms with Crippen LogP contribution in [0.5, 0.6) is 0 Å². The van der Waals surface area contributed by atoms with E-state index in [0.717, 1.165) is 77.0 Å². The first kappa shape index (κ1) is 55.7. The highest BCUT2D eigenvalue weighted by Crippen LogP contribution is 2.13. The first-order valence-corrected chi connectivity index (χ1v) is 23.4. The van der Waals surface area contributed by atoms with Crippen molar-refractivity contribution in [3.8, 4) is 0 Å². The number of hydrogen-bond donors (Lipinski definition) is 6. The fourth-order valence-corrected chi connectivity index (χ4v) is 6.68. The van der Waals surface area contributed by atoms with Gasteiger partial charge in [0.2, 0.25) is 0 Å². The van der Waals surface area contributed by atoms with E-state index in [1.54, 1.807) is 0 Å². The Morgan fingerprint density at radius 1 is 0.517 bits per heavy atom. The van der Waals surface area contributed by atoms with Crippen molar-refractivity contribution in [2.24, 2.45) is 0 Å². The Morgan fingerprint density at radius 3 is 1.31 bits per heavy atom. The van der Waals surface area contributed by atoms with Gasteiger partial charge >= 0.3 is 11.9 Å². The first-order valence-electron chi connectivity index (χ1n) is 23.4. The van der Waals surface area contributed by atoms with E-state index >= 15 is 0 Å². The summed E-state index contributed by atoms with van der Waals surface area (Å²) in [6.45, 7) is 3.96. The lowest BCUT2D eigenvalue weighted by atomic mass is 10.0. The summed E-state index contributed by atoms with van der Waals surface area (Å²) in [5.41, 5.74) is 0. The van der Waals surface area contributed by atoms with Crippen LogP contribution in [-0.2, 0) is 23.9 Å². The number of carbonyl (C=O) groups excluding carboxylic acids is 3. The van der Waals surface area contributed by atoms with Crippen LogP contribution in [0.3, 0.4) is 0 Å². The smallest absolute Gasteiger partial charge is 0.328 e. The van der Waals surface area contributed by atoms with Crippen LogP contribution in [0.2, 0.25) is 0 Å². The van der Waals surface area contributed by atoms with Crippen molar-refractivity contribution in [1.82, 2.24) is 5.32 Å². The lowest BCUT2D eigenvalue weighted by Crippen LogP contribution is -2.54. The second kappa shape index (κ2) is 41.4. The molecule has 340 valence electrons. The largest absolute Gasteiger partial charge is 0.466 e. The predicted molar refractivity (Wildman–Crippen MR) is 233 cm³/mol. The summed E-state index contributed by atoms with van der Waals surface area (Å²) < 4.78 is 10.8. The van der Waals surface area contributed by atoms with Gasteiger partial charge in [-0.2, -0.15) is 0 Å². The Morgan fingerprint density at radius 2 is 0.897 bits per heavy atom. The zero-order valence-corrected chi connectivity index (χ0v) is 36.8. The summed E-state index contributed by atoms with van der Waals surface area (Å²) in [5, 5.41) is 51.3. The molecule has 1 amide bonds. The minimum absolute atomic E-state index is 0.124. The Labute approximate surface area is 352 Å². The number of aliphatic hydroxyl groups excluding tert-OH is 5. The fourth-order valence-electron chi connectivity index (χ4n) is 6.68. The van der Waals surface area contributed by atoms with E-state index in [1.807, 2.05) is 0 Å². The van der Waals surface area contributed by atoms with E-state index in [0.29, 0.717) is 6.42 Å². The van der Waals surface area contributed by atoms with Crippen LogP contribution < -0.4 is 5.32 Å². The summed E-state index contributed by atoms with van der Waals surface area (Å²) in [6.07, 6.45) is 33.3. The second-order valence-electron chi connectivity index (χ2n) is 16.0. The van der Waals surface area contributed by atoms with Crippen LogP contribution in [0.15, 0.2) is 24.3 Å². The lowest BCUT2D eigenvalue weighted by molar-refractivity contribution is -0.155. The van der Waals surface area contributed by atoms with Crippen LogP contribution in [0.1, 0.15) is 206 Å². The Kier molecular flexibility index (Phi) is 39.8. The molecule has 0 unspecified atom stereocenters. The maximum Gasteiger partial charge on any atom is 0.328 e. The molecule has 0 rings (SSSR count). The van der Waals surface area contributed by atoms with Gasteiger partial charge < -0.3 is 40.3 Å². The number of carbonyl (C=O) groups is 3. The van der Waals surface area contributed by atoms with E-state index in [2.05, 4.69) is 43.5 Å². The molecule has 11 heteroatoms. The van der Waals surface area contributed by atoms with Crippen LogP contribution in [-0.4, -0.2) is 93.7 Å². The summed E-state index contributed by atoms with van der Waals surface area (Å²) >= 11 is 0. The third-order valence-corrected chi connectivity index (χ3v) is 10.6. The zero-order valence-electron chi connectivity index (χ0n) is 36.8. The lowest BCUT2D eigenvalue weighted by Gasteiger charge is -2.26. The Balaban J connectivity index is 4.46. The molecule has 0 fully saturated rings. The van der Waals surface area contributed by atoms with Crippen LogP contribution in [0.25, 0.3) is 0 Å². The molecular weight excluding hydrogens is 739 g/mol. The third kappa shape index (κ3) is 33.5. The molecule has 0 bridgehead atoms. The molecule has 0 aliphatic carbocycles. The van der Waals surface area contributed by atoms with E-state index in [-0.39, 0.29) is 26.1 Å². The standard InChI is InChI=1S/C47H87NO10/c1-3-5-7-9-11-13-15-17-19-21-23-25-27-29-31-33-37-57-42(51)36-35-40(48-46(55)45(54)44(53)43(52)41(50)39-49)47(56)58-38-34-32-30-28-26-24-22-20-18-16-14-12-10-8-6-4-2/h17-20,40-41,43-45,49-50,52-54H,3-16,21-39H2,1-2H3,(H,48,55)/b19-17+,20-18+/t40-,41+,43+,44-,45+/m0/s1. The molecule has 5 atom stereocenters. The number of amides is 1. The van der Waals surface area contributed by atoms with Crippen molar-refractivity contribution in [2.75, 3.05) is 19.8 Å². The summed E-state index contributed by atoms with van der Waals surface area (Å²) in [4.78, 5) is 38.2. The van der Waals surface area contributed by atoms with Crippen LogP contribution in [0.4, 0.5) is 0 Å². The van der Waals surface area contributed by atoms with Crippen molar-refractivity contribution in [3.05, 3.63) is 24.3 Å². The number of ether oxygens (including phenoxy) is 2. The molecule has 0 aromatic heterocycles. The van der Waals surface area contributed by atoms with Gasteiger partial charge in [-0.25, -0.2) is 4.79 Å². The molecular formula is C47H87NO10. The number of rotatable bonds is 42. The zero-order chi connectivity index (χ0) is 42.9. The molecule has 0 saturated heterocycles. The Hall–Kier alpha value is -2.31. The highest BCUT2D eigenvalue weighted by molar-refractivity contribution is 5.87. The second-order valence-corrected chi connectivity index (χ2v) is 16.0. The number of unbranched alkanes of at least 4 members (excludes halogenated alkanes) is 24. The molecule has 0 aliphatic heterocycles. The molecule has 6 N–H and O–H groups in total. The minimum Gasteiger partial charge on any atom is -0.466 e. The molecule has 0 aromatic carbocycles. The van der Waals surface area contributed by atoms with Gasteiger partial charge in [-0.15, -0.1) is 0 Å². The molecule has 0 saturated carbocycles. The minimum atomic E-state index is -2.22. The van der Waals surface area contributed by atoms with Gasteiger partial charge in [0.15, 0.2) is 6.10 Å². The van der Waals surface area contributed by atoms with Gasteiger partial charge in [0.25, 0.3) is 5.91 Å². The summed E-state index contributed by atoms with van der Waals surface area (Å²) in [6, 6.07) is -1.32. The van der Waals surface area contributed by atoms with Crippen molar-refractivity contribution in [1.29, 1.82) is 0 Å². The fraction of sp³-hybridized carbons (Fsp3) is 0.851. The van der Waals surface area contributed by atoms with Gasteiger partial charge in [-0.1, -0.05) is 154 Å². The average Bonchev–Trinajstić information content (AvgIpc) is 3.23. The van der Waals surface area contributed by atoms with Crippen LogP contribution in [0, 0.1) is 0 Å². The van der Waals surface area contributed by atoms with Gasteiger partial charge in [0.05, 0.1) is 19.8 Å². The van der Waals surface area contributed by atoms with Gasteiger partial charge in [0, 0.05) is 6.42 Å². The molecule has 0 aliphatic rings. The van der Waals surface area contributed by atoms with E-state index in [4.69, 9.17) is 14.6 Å². The van der Waals surface area contributed by atoms with Crippen molar-refractivity contribution < 1.29 is 49.4 Å². The van der Waals surface area contributed by atoms with Gasteiger partial charge in [-0.05, 0) is 70.6 Å². The Bertz CT molecular complexity index is 1020. The van der Waals surface area contributed by atoms with E-state index < -0.39 is 54.9 Å². The predicted octanol–water partition coefficient (Wildman–Crippen LogP) is 8.85. The molecule has 0 radical (unpaired) electrons. The van der Waals surface area contributed by atoms with Gasteiger partial charge in [0.1, 0.15) is 24.4 Å². The first-order chi connectivity index (χ1) is 28.2. The summed E-state index contributed by atoms with van der Waals surface area (Å²) in [7, 11) is 0. The molecule has 11 nitrogen and oxygen atoms in total. The van der Waals surface area contributed by atoms with Crippen molar-refractivity contribution >= 4 is 17.8 Å². The maximum absolute atomic E-state index is 13.0. The molecule has 0 heterocycles. The highest BCUT2D eigenvalue weighted by Gasteiger charge is 2.36. The third-order valence-electron chi connectivity index (χ3n) is 10.6. The maximum atomic E-state index is 13.0. The molecule has 58 heavy (non-hydrogen) atoms. The van der Waals surface area contributed by atoms with Gasteiger partial charge in [-0.3, -0.25) is 9.59 Å². The number of aliphatic hydroxyl groups is 5. The number of nitrogens with one attached hydrogen (secondary N) is 1. The van der Waals surface area contributed by atoms with Crippen LogP contribution >= 0.6 is 0 Å². The highest BCUT2D eigenvalue weighted by atomic mass is 16.5. The average molecular weight is 826 g/mol. The monoisotopic (exact) mass is 826 g/mol. The number of allylic oxidation sites excluding steroid dienone is 4. The summed E-state index contributed by atoms with van der Waals surface area (Å²) in [5.74, 6) is -2.52. The normalized spacial score (nSPS) is 14.4. The number of hydrogen-bond acceptors (Lipinski definition) is 10. The topological polar surface area (TPSA) is 183 Å². The van der Waals surface area contributed by atoms with Crippen molar-refractivity contribution in [2.45, 2.75) is 237 Å². The van der Waals surface area contributed by atoms with E-state index in [1.165, 1.54) is 96.3 Å². The SMILES string of the molecule is CCCCCCCC/C=C/CCCCCCCCOC(=O)CC[C@H](NC(=O)[C@H](O)[C@@H](O)[C@H](O)[C@H](O)CO)C(=O)OCCCCCCCC/C=C/CCCCCCCC.